The molecule has 5 heteroatoms. The van der Waals surface area contributed by atoms with Gasteiger partial charge in [-0.1, -0.05) is 6.92 Å². The Kier molecular flexibility index (Phi) is 6.31. The standard InChI is InChI=1S/C15H23NO4/c1-4-15(16-2,14(17)18)10-5-11-20-13-8-6-12(19-3)7-9-13/h6-9,16H,4-5,10-11H2,1-3H3,(H,17,18). The van der Waals surface area contributed by atoms with Gasteiger partial charge in [0.1, 0.15) is 17.0 Å². The van der Waals surface area contributed by atoms with E-state index in [0.29, 0.717) is 25.9 Å². The molecule has 0 heterocycles. The first-order valence-corrected chi connectivity index (χ1v) is 6.77. The second-order valence-electron chi connectivity index (χ2n) is 4.62. The van der Waals surface area contributed by atoms with Crippen LogP contribution < -0.4 is 14.8 Å². The molecule has 0 aliphatic carbocycles. The lowest BCUT2D eigenvalue weighted by atomic mass is 9.91. The minimum absolute atomic E-state index is 0.489. The molecule has 1 aromatic carbocycles. The van der Waals surface area contributed by atoms with E-state index in [4.69, 9.17) is 9.47 Å². The van der Waals surface area contributed by atoms with Crippen molar-refractivity contribution in [3.8, 4) is 11.5 Å². The average Bonchev–Trinajstić information content (AvgIpc) is 2.48. The lowest BCUT2D eigenvalue weighted by Gasteiger charge is -2.27. The quantitative estimate of drug-likeness (QED) is 0.680. The number of nitrogens with one attached hydrogen (secondary N) is 1. The highest BCUT2D eigenvalue weighted by Gasteiger charge is 2.34. The maximum atomic E-state index is 11.3. The van der Waals surface area contributed by atoms with Crippen molar-refractivity contribution >= 4 is 5.97 Å². The predicted molar refractivity (Wildman–Crippen MR) is 77.4 cm³/mol. The first kappa shape index (κ1) is 16.3. The summed E-state index contributed by atoms with van der Waals surface area (Å²) in [6.07, 6.45) is 1.75. The predicted octanol–water partition coefficient (Wildman–Crippen LogP) is 2.31. The number of benzene rings is 1. The number of ether oxygens (including phenoxy) is 2. The van der Waals surface area contributed by atoms with Crippen LogP contribution in [0.25, 0.3) is 0 Å². The molecule has 2 N–H and O–H groups in total. The third-order valence-corrected chi connectivity index (χ3v) is 3.57. The maximum Gasteiger partial charge on any atom is 0.323 e. The summed E-state index contributed by atoms with van der Waals surface area (Å²) in [5.41, 5.74) is -0.858. The van der Waals surface area contributed by atoms with E-state index in [1.165, 1.54) is 0 Å². The van der Waals surface area contributed by atoms with E-state index in [1.54, 1.807) is 14.2 Å². The SMILES string of the molecule is CCC(CCCOc1ccc(OC)cc1)(NC)C(=O)O. The fraction of sp³-hybridized carbons (Fsp3) is 0.533. The van der Waals surface area contributed by atoms with Crippen LogP contribution in [0.1, 0.15) is 26.2 Å². The summed E-state index contributed by atoms with van der Waals surface area (Å²) in [6, 6.07) is 7.33. The number of carboxylic acids is 1. The third-order valence-electron chi connectivity index (χ3n) is 3.57. The smallest absolute Gasteiger partial charge is 0.323 e. The zero-order valence-corrected chi connectivity index (χ0v) is 12.3. The van der Waals surface area contributed by atoms with Crippen molar-refractivity contribution in [3.63, 3.8) is 0 Å². The largest absolute Gasteiger partial charge is 0.497 e. The van der Waals surface area contributed by atoms with Gasteiger partial charge in [-0.15, -0.1) is 0 Å². The Morgan fingerprint density at radius 1 is 1.30 bits per heavy atom. The van der Waals surface area contributed by atoms with Gasteiger partial charge in [0.15, 0.2) is 0 Å². The van der Waals surface area contributed by atoms with Gasteiger partial charge in [0.05, 0.1) is 13.7 Å². The minimum atomic E-state index is -0.858. The fourth-order valence-electron chi connectivity index (χ4n) is 2.08. The molecule has 0 aromatic heterocycles. The number of carbonyl (C=O) groups is 1. The first-order valence-electron chi connectivity index (χ1n) is 6.77. The van der Waals surface area contributed by atoms with Gasteiger partial charge in [-0.2, -0.15) is 0 Å². The Hall–Kier alpha value is -1.75. The Bertz CT molecular complexity index is 412. The van der Waals surface area contributed by atoms with Gasteiger partial charge in [-0.25, -0.2) is 0 Å². The molecule has 0 aliphatic heterocycles. The molecule has 1 atom stereocenters. The minimum Gasteiger partial charge on any atom is -0.497 e. The molecule has 0 saturated carbocycles. The normalized spacial score (nSPS) is 13.6. The number of likely N-dealkylation sites (N-methyl/N-ethyl adjacent to an activating group) is 1. The van der Waals surface area contributed by atoms with Crippen molar-refractivity contribution in [2.75, 3.05) is 20.8 Å². The van der Waals surface area contributed by atoms with Gasteiger partial charge >= 0.3 is 5.97 Å². The van der Waals surface area contributed by atoms with Gasteiger partial charge in [0, 0.05) is 0 Å². The van der Waals surface area contributed by atoms with E-state index in [0.717, 1.165) is 11.5 Å². The molecule has 20 heavy (non-hydrogen) atoms. The molecule has 5 nitrogen and oxygen atoms in total. The van der Waals surface area contributed by atoms with E-state index in [2.05, 4.69) is 5.32 Å². The Morgan fingerprint density at radius 3 is 2.35 bits per heavy atom. The summed E-state index contributed by atoms with van der Waals surface area (Å²) in [5.74, 6) is 0.725. The number of hydrogen-bond acceptors (Lipinski definition) is 4. The number of hydrogen-bond donors (Lipinski definition) is 2. The highest BCUT2D eigenvalue weighted by Crippen LogP contribution is 2.20. The number of carboxylic acid groups (broad SMARTS) is 1. The van der Waals surface area contributed by atoms with Crippen LogP contribution >= 0.6 is 0 Å². The van der Waals surface area contributed by atoms with Crippen LogP contribution in [0.15, 0.2) is 24.3 Å². The van der Waals surface area contributed by atoms with Crippen molar-refractivity contribution in [2.24, 2.45) is 0 Å². The monoisotopic (exact) mass is 281 g/mol. The molecule has 1 unspecified atom stereocenters. The van der Waals surface area contributed by atoms with Crippen molar-refractivity contribution < 1.29 is 19.4 Å². The topological polar surface area (TPSA) is 67.8 Å². The highest BCUT2D eigenvalue weighted by molar-refractivity contribution is 5.78. The van der Waals surface area contributed by atoms with Crippen molar-refractivity contribution in [2.45, 2.75) is 31.7 Å². The molecule has 0 radical (unpaired) electrons. The zero-order valence-electron chi connectivity index (χ0n) is 12.3. The van der Waals surface area contributed by atoms with Gasteiger partial charge in [-0.05, 0) is 50.6 Å². The summed E-state index contributed by atoms with van der Waals surface area (Å²) < 4.78 is 10.7. The number of aliphatic carboxylic acids is 1. The lowest BCUT2D eigenvalue weighted by molar-refractivity contribution is -0.145. The van der Waals surface area contributed by atoms with Gasteiger partial charge in [0.25, 0.3) is 0 Å². The van der Waals surface area contributed by atoms with Crippen LogP contribution in [-0.2, 0) is 4.79 Å². The van der Waals surface area contributed by atoms with Crippen molar-refractivity contribution in [1.82, 2.24) is 5.32 Å². The Balaban J connectivity index is 2.41. The molecule has 0 saturated heterocycles. The molecule has 1 aromatic rings. The third kappa shape index (κ3) is 4.13. The van der Waals surface area contributed by atoms with Gasteiger partial charge in [0.2, 0.25) is 0 Å². The molecule has 0 aliphatic rings. The van der Waals surface area contributed by atoms with Crippen LogP contribution in [0.2, 0.25) is 0 Å². The number of rotatable bonds is 9. The molecule has 0 fully saturated rings. The number of methoxy groups -OCH3 is 1. The van der Waals surface area contributed by atoms with E-state index in [-0.39, 0.29) is 0 Å². The molecule has 1 rings (SSSR count). The van der Waals surface area contributed by atoms with E-state index in [9.17, 15) is 9.90 Å². The van der Waals surface area contributed by atoms with Crippen molar-refractivity contribution in [3.05, 3.63) is 24.3 Å². The molecular formula is C15H23NO4. The van der Waals surface area contributed by atoms with Crippen molar-refractivity contribution in [1.29, 1.82) is 0 Å². The fourth-order valence-corrected chi connectivity index (χ4v) is 2.08. The van der Waals surface area contributed by atoms with Crippen LogP contribution in [0, 0.1) is 0 Å². The van der Waals surface area contributed by atoms with E-state index < -0.39 is 11.5 Å². The Labute approximate surface area is 119 Å². The second-order valence-corrected chi connectivity index (χ2v) is 4.62. The summed E-state index contributed by atoms with van der Waals surface area (Å²) in [6.45, 7) is 2.36. The molecular weight excluding hydrogens is 258 g/mol. The molecule has 0 bridgehead atoms. The van der Waals surface area contributed by atoms with E-state index in [1.807, 2.05) is 31.2 Å². The van der Waals surface area contributed by atoms with Crippen LogP contribution in [0.5, 0.6) is 11.5 Å². The molecule has 0 amide bonds. The maximum absolute atomic E-state index is 11.3. The van der Waals surface area contributed by atoms with Gasteiger partial charge in [-0.3, -0.25) is 4.79 Å². The molecule has 112 valence electrons. The summed E-state index contributed by atoms with van der Waals surface area (Å²) >= 11 is 0. The summed E-state index contributed by atoms with van der Waals surface area (Å²) in [7, 11) is 3.30. The highest BCUT2D eigenvalue weighted by atomic mass is 16.5. The van der Waals surface area contributed by atoms with Crippen LogP contribution in [0.4, 0.5) is 0 Å². The summed E-state index contributed by atoms with van der Waals surface area (Å²) in [5, 5.41) is 12.2. The molecule has 0 spiro atoms. The Morgan fingerprint density at radius 2 is 1.90 bits per heavy atom. The van der Waals surface area contributed by atoms with Crippen LogP contribution in [-0.4, -0.2) is 37.4 Å². The van der Waals surface area contributed by atoms with Gasteiger partial charge < -0.3 is 19.9 Å². The average molecular weight is 281 g/mol. The summed E-state index contributed by atoms with van der Waals surface area (Å²) in [4.78, 5) is 11.3. The first-order chi connectivity index (χ1) is 9.57. The second kappa shape index (κ2) is 7.75. The van der Waals surface area contributed by atoms with E-state index >= 15 is 0 Å². The zero-order chi connectivity index (χ0) is 15.0. The van der Waals surface area contributed by atoms with Crippen LogP contribution in [0.3, 0.4) is 0 Å². The lowest BCUT2D eigenvalue weighted by Crippen LogP contribution is -2.50.